The molecule has 2 aromatic carbocycles. The van der Waals surface area contributed by atoms with Crippen molar-refractivity contribution < 1.29 is 15.0 Å². The summed E-state index contributed by atoms with van der Waals surface area (Å²) in [6.07, 6.45) is 5.21. The fourth-order valence-electron chi connectivity index (χ4n) is 5.91. The van der Waals surface area contributed by atoms with Crippen LogP contribution in [-0.2, 0) is 24.2 Å². The number of fused-ring (bicyclic) bond motifs is 2. The second-order valence-corrected chi connectivity index (χ2v) is 11.1. The predicted molar refractivity (Wildman–Crippen MR) is 146 cm³/mol. The van der Waals surface area contributed by atoms with E-state index in [9.17, 15) is 19.8 Å². The standard InChI is InChI=1S/C30H33N5O4/c1-20(21-5-3-2-4-6-21)13-27(37)33-11-9-30(39,10-12-33)18-34-19-32-35-26(17-31-28(35)29(34)38)23-8-7-22-15-25(36)16-24(22)14-23/h2-8,14,17,19-20,25,36,39H,9-13,15-16,18H2,1H3/t20-,25?/m1/s1. The first-order valence-corrected chi connectivity index (χ1v) is 13.6. The highest BCUT2D eigenvalue weighted by Gasteiger charge is 2.35. The van der Waals surface area contributed by atoms with Crippen LogP contribution in [0.15, 0.2) is 65.8 Å². The van der Waals surface area contributed by atoms with Crippen molar-refractivity contribution in [2.45, 2.75) is 63.2 Å². The van der Waals surface area contributed by atoms with Crippen molar-refractivity contribution in [3.8, 4) is 11.3 Å². The Bertz CT molecular complexity index is 1570. The third kappa shape index (κ3) is 4.99. The number of imidazole rings is 1. The van der Waals surface area contributed by atoms with Crippen LogP contribution in [0.5, 0.6) is 0 Å². The number of likely N-dealkylation sites (tertiary alicyclic amines) is 1. The molecule has 9 heteroatoms. The van der Waals surface area contributed by atoms with E-state index in [1.54, 1.807) is 6.20 Å². The van der Waals surface area contributed by atoms with Crippen molar-refractivity contribution in [3.05, 3.63) is 88.1 Å². The molecule has 39 heavy (non-hydrogen) atoms. The Kier molecular flexibility index (Phi) is 6.56. The first kappa shape index (κ1) is 25.5. The van der Waals surface area contributed by atoms with Gasteiger partial charge in [0.15, 0.2) is 0 Å². The number of aromatic nitrogens is 4. The van der Waals surface area contributed by atoms with Crippen LogP contribution in [-0.4, -0.2) is 65.0 Å². The number of hydrogen-bond acceptors (Lipinski definition) is 6. The van der Waals surface area contributed by atoms with Crippen LogP contribution in [0.3, 0.4) is 0 Å². The number of hydrogen-bond donors (Lipinski definition) is 2. The molecule has 2 N–H and O–H groups in total. The molecule has 1 aliphatic heterocycles. The minimum Gasteiger partial charge on any atom is -0.392 e. The molecular formula is C30H33N5O4. The van der Waals surface area contributed by atoms with E-state index >= 15 is 0 Å². The Morgan fingerprint density at radius 3 is 2.62 bits per heavy atom. The van der Waals surface area contributed by atoms with Gasteiger partial charge in [0.25, 0.3) is 5.56 Å². The van der Waals surface area contributed by atoms with Crippen molar-refractivity contribution in [2.24, 2.45) is 0 Å². The van der Waals surface area contributed by atoms with Crippen LogP contribution in [0.2, 0.25) is 0 Å². The molecular weight excluding hydrogens is 494 g/mol. The van der Waals surface area contributed by atoms with E-state index in [-0.39, 0.29) is 35.7 Å². The van der Waals surface area contributed by atoms with Crippen molar-refractivity contribution in [2.75, 3.05) is 13.1 Å². The van der Waals surface area contributed by atoms with Crippen LogP contribution in [0, 0.1) is 0 Å². The monoisotopic (exact) mass is 527 g/mol. The Hall–Kier alpha value is -3.82. The largest absolute Gasteiger partial charge is 0.392 e. The smallest absolute Gasteiger partial charge is 0.296 e. The SMILES string of the molecule is C[C@H](CC(=O)N1CCC(O)(Cn2cnn3c(-c4ccc5c(c4)CC(O)C5)cnc3c2=O)CC1)c1ccccc1. The lowest BCUT2D eigenvalue weighted by atomic mass is 9.90. The number of benzene rings is 2. The molecule has 9 nitrogen and oxygen atoms in total. The fraction of sp³-hybridized carbons (Fsp3) is 0.400. The van der Waals surface area contributed by atoms with E-state index in [4.69, 9.17) is 0 Å². The van der Waals surface area contributed by atoms with E-state index in [2.05, 4.69) is 17.0 Å². The molecule has 0 saturated carbocycles. The highest BCUT2D eigenvalue weighted by Crippen LogP contribution is 2.29. The van der Waals surface area contributed by atoms with E-state index in [1.165, 1.54) is 15.4 Å². The maximum Gasteiger partial charge on any atom is 0.296 e. The molecule has 1 aliphatic carbocycles. The summed E-state index contributed by atoms with van der Waals surface area (Å²) in [4.78, 5) is 32.3. The molecule has 1 amide bonds. The van der Waals surface area contributed by atoms with Crippen LogP contribution >= 0.6 is 0 Å². The summed E-state index contributed by atoms with van der Waals surface area (Å²) in [5.41, 5.74) is 3.73. The van der Waals surface area contributed by atoms with E-state index in [0.29, 0.717) is 50.9 Å². The zero-order valence-corrected chi connectivity index (χ0v) is 22.0. The lowest BCUT2D eigenvalue weighted by Crippen LogP contribution is -2.50. The number of rotatable bonds is 6. The molecule has 4 aromatic rings. The maximum absolute atomic E-state index is 13.3. The average Bonchev–Trinajstić information content (AvgIpc) is 3.53. The number of aliphatic hydroxyl groups is 2. The van der Waals surface area contributed by atoms with Gasteiger partial charge in [0.1, 0.15) is 6.33 Å². The second-order valence-electron chi connectivity index (χ2n) is 11.1. The summed E-state index contributed by atoms with van der Waals surface area (Å²) in [6, 6.07) is 16.0. The normalized spacial score (nSPS) is 19.3. The van der Waals surface area contributed by atoms with Gasteiger partial charge in [-0.05, 0) is 54.4 Å². The second kappa shape index (κ2) is 10.1. The zero-order valence-electron chi connectivity index (χ0n) is 22.0. The molecule has 1 fully saturated rings. The van der Waals surface area contributed by atoms with Gasteiger partial charge in [-0.2, -0.15) is 5.10 Å². The highest BCUT2D eigenvalue weighted by molar-refractivity contribution is 5.77. The minimum atomic E-state index is -1.11. The zero-order chi connectivity index (χ0) is 27.1. The quantitative estimate of drug-likeness (QED) is 0.399. The molecule has 1 saturated heterocycles. The molecule has 0 radical (unpaired) electrons. The van der Waals surface area contributed by atoms with Gasteiger partial charge in [-0.3, -0.25) is 14.2 Å². The van der Waals surface area contributed by atoms with Gasteiger partial charge >= 0.3 is 0 Å². The first-order valence-electron chi connectivity index (χ1n) is 13.6. The lowest BCUT2D eigenvalue weighted by Gasteiger charge is -2.38. The van der Waals surface area contributed by atoms with Crippen molar-refractivity contribution in [1.82, 2.24) is 24.1 Å². The molecule has 3 heterocycles. The highest BCUT2D eigenvalue weighted by atomic mass is 16.3. The minimum absolute atomic E-state index is 0.0830. The summed E-state index contributed by atoms with van der Waals surface area (Å²) in [6.45, 7) is 3.04. The number of piperidine rings is 1. The van der Waals surface area contributed by atoms with E-state index in [1.807, 2.05) is 53.4 Å². The first-order chi connectivity index (χ1) is 18.8. The number of nitrogens with zero attached hydrogens (tertiary/aromatic N) is 5. The molecule has 0 bridgehead atoms. The molecule has 0 spiro atoms. The third-order valence-corrected chi connectivity index (χ3v) is 8.27. The lowest BCUT2D eigenvalue weighted by molar-refractivity contribution is -0.136. The van der Waals surface area contributed by atoms with Crippen LogP contribution in [0.1, 0.15) is 48.8 Å². The summed E-state index contributed by atoms with van der Waals surface area (Å²) in [5, 5.41) is 25.8. The van der Waals surface area contributed by atoms with E-state index < -0.39 is 5.60 Å². The predicted octanol–water partition coefficient (Wildman–Crippen LogP) is 2.56. The Morgan fingerprint density at radius 1 is 1.10 bits per heavy atom. The summed E-state index contributed by atoms with van der Waals surface area (Å²) in [5.74, 6) is 0.207. The molecule has 6 rings (SSSR count). The van der Waals surface area contributed by atoms with Gasteiger partial charge in [-0.15, -0.1) is 0 Å². The number of aliphatic hydroxyl groups excluding tert-OH is 1. The molecule has 2 aliphatic rings. The number of amides is 1. The fourth-order valence-corrected chi connectivity index (χ4v) is 5.91. The maximum atomic E-state index is 13.3. The summed E-state index contributed by atoms with van der Waals surface area (Å²) < 4.78 is 2.95. The molecule has 2 aromatic heterocycles. The van der Waals surface area contributed by atoms with Gasteiger partial charge in [0.2, 0.25) is 11.6 Å². The summed E-state index contributed by atoms with van der Waals surface area (Å²) in [7, 11) is 0. The van der Waals surface area contributed by atoms with Crippen LogP contribution < -0.4 is 5.56 Å². The summed E-state index contributed by atoms with van der Waals surface area (Å²) >= 11 is 0. The molecule has 202 valence electrons. The van der Waals surface area contributed by atoms with Gasteiger partial charge in [0.05, 0.1) is 30.1 Å². The molecule has 2 atom stereocenters. The van der Waals surface area contributed by atoms with Crippen LogP contribution in [0.4, 0.5) is 0 Å². The van der Waals surface area contributed by atoms with E-state index in [0.717, 1.165) is 22.3 Å². The number of carbonyl (C=O) groups is 1. The average molecular weight is 528 g/mol. The van der Waals surface area contributed by atoms with Crippen molar-refractivity contribution in [1.29, 1.82) is 0 Å². The van der Waals surface area contributed by atoms with Crippen molar-refractivity contribution in [3.63, 3.8) is 0 Å². The Labute approximate surface area is 226 Å². The number of carbonyl (C=O) groups excluding carboxylic acids is 1. The van der Waals surface area contributed by atoms with Gasteiger partial charge in [0, 0.05) is 25.1 Å². The topological polar surface area (TPSA) is 113 Å². The van der Waals surface area contributed by atoms with Crippen molar-refractivity contribution >= 4 is 11.6 Å². The van der Waals surface area contributed by atoms with Crippen LogP contribution in [0.25, 0.3) is 16.9 Å². The Balaban J connectivity index is 1.13. The molecule has 1 unspecified atom stereocenters. The Morgan fingerprint density at radius 2 is 1.85 bits per heavy atom. The third-order valence-electron chi connectivity index (χ3n) is 8.27. The van der Waals surface area contributed by atoms with Gasteiger partial charge in [-0.1, -0.05) is 49.4 Å². The van der Waals surface area contributed by atoms with Gasteiger partial charge < -0.3 is 15.1 Å². The van der Waals surface area contributed by atoms with Gasteiger partial charge in [-0.25, -0.2) is 9.50 Å².